The molecule has 14 aromatic carbocycles. The maximum absolute atomic E-state index is 14.1. The van der Waals surface area contributed by atoms with Crippen LogP contribution in [-0.4, -0.2) is 69.4 Å². The van der Waals surface area contributed by atoms with Crippen molar-refractivity contribution in [3.05, 3.63) is 354 Å². The topological polar surface area (TPSA) is 161 Å². The van der Waals surface area contributed by atoms with E-state index in [1.165, 1.54) is 71.4 Å². The molecule has 5 unspecified atom stereocenters. The van der Waals surface area contributed by atoms with Crippen molar-refractivity contribution >= 4 is 185 Å². The van der Waals surface area contributed by atoms with Gasteiger partial charge in [0.15, 0.2) is 0 Å². The van der Waals surface area contributed by atoms with Crippen molar-refractivity contribution in [2.75, 3.05) is 0 Å². The fraction of sp³-hybridized carbons (Fsp3) is 0.282. The van der Waals surface area contributed by atoms with Crippen molar-refractivity contribution in [1.82, 2.24) is 26.6 Å². The predicted octanol–water partition coefficient (Wildman–Crippen LogP) is 25.2. The van der Waals surface area contributed by atoms with Crippen LogP contribution in [-0.2, 0) is 32.7 Å². The summed E-state index contributed by atoms with van der Waals surface area (Å²) in [6.07, 6.45) is 0. The summed E-state index contributed by atoms with van der Waals surface area (Å²) in [5.74, 6) is 1.70. The number of halogens is 6. The first kappa shape index (κ1) is 122. The molecule has 0 aliphatic heterocycles. The van der Waals surface area contributed by atoms with Gasteiger partial charge in [0.25, 0.3) is 0 Å². The first-order chi connectivity index (χ1) is 63.6. The molecule has 10 nitrogen and oxygen atoms in total. The van der Waals surface area contributed by atoms with Crippen LogP contribution in [0.4, 0.5) is 4.39 Å². The molecule has 14 aromatic rings. The normalized spacial score (nSPS) is 11.9. The van der Waals surface area contributed by atoms with E-state index in [0.29, 0.717) is 63.9 Å². The molecule has 0 saturated carbocycles. The molecule has 0 aliphatic carbocycles. The maximum atomic E-state index is 14.1. The van der Waals surface area contributed by atoms with Gasteiger partial charge in [0.2, 0.25) is 0 Å². The van der Waals surface area contributed by atoms with Gasteiger partial charge in [-0.1, -0.05) is 360 Å². The number of para-hydroxylation sites is 2. The van der Waals surface area contributed by atoms with E-state index in [4.69, 9.17) is 0 Å². The molecule has 23 heteroatoms. The number of benzene rings is 14. The Hall–Kier alpha value is -8.16. The first-order valence-electron chi connectivity index (χ1n) is 46.7. The highest BCUT2D eigenvalue weighted by Crippen LogP contribution is 2.38. The molecular weight excluding hydrogens is 1960 g/mol. The Labute approximate surface area is 878 Å². The lowest BCUT2D eigenvalue weighted by molar-refractivity contribution is 0.424. The summed E-state index contributed by atoms with van der Waals surface area (Å²) in [4.78, 5) is 0. The maximum Gasteiger partial charge on any atom is 0.131 e. The van der Waals surface area contributed by atoms with Gasteiger partial charge in [-0.05, 0) is 259 Å². The lowest BCUT2D eigenvalue weighted by atomic mass is 9.98. The predicted molar refractivity (Wildman–Crippen MR) is 637 cm³/mol. The van der Waals surface area contributed by atoms with E-state index in [-0.39, 0.29) is 110 Å². The quantitative estimate of drug-likeness (QED) is 0.0187. The van der Waals surface area contributed by atoms with Crippen molar-refractivity contribution in [2.24, 2.45) is 0 Å². The van der Waals surface area contributed by atoms with Crippen molar-refractivity contribution < 1.29 is 29.9 Å². The summed E-state index contributed by atoms with van der Waals surface area (Å²) in [7, 11) is -0.942. The van der Waals surface area contributed by atoms with Crippen molar-refractivity contribution in [3.63, 3.8) is 0 Å². The van der Waals surface area contributed by atoms with Gasteiger partial charge in [0, 0.05) is 98.1 Å². The minimum Gasteiger partial charge on any atom is -0.507 e. The number of phenols is 5. The smallest absolute Gasteiger partial charge is 0.131 e. The molecular formula is C117H150Cl5FN5O5P5Si2. The Kier molecular flexibility index (Phi) is 48.7. The Bertz CT molecular complexity index is 6150. The van der Waals surface area contributed by atoms with Gasteiger partial charge in [-0.3, -0.25) is 0 Å². The molecule has 0 aliphatic rings. The molecule has 0 saturated heterocycles. The van der Waals surface area contributed by atoms with Crippen LogP contribution in [0, 0.1) is 19.7 Å². The Morgan fingerprint density at radius 1 is 0.257 bits per heavy atom. The number of rotatable bonds is 26. The van der Waals surface area contributed by atoms with Crippen molar-refractivity contribution in [3.8, 4) is 73.3 Å². The Morgan fingerprint density at radius 2 is 0.607 bits per heavy atom. The van der Waals surface area contributed by atoms with Gasteiger partial charge in [0.05, 0.1) is 16.1 Å². The number of hydrogen-bond donors (Lipinski definition) is 10. The monoisotopic (exact) mass is 2110 g/mol. The largest absolute Gasteiger partial charge is 0.507 e. The molecule has 748 valence electrons. The van der Waals surface area contributed by atoms with E-state index in [1.807, 2.05) is 146 Å². The van der Waals surface area contributed by atoms with Gasteiger partial charge in [0.1, 0.15) is 34.6 Å². The van der Waals surface area contributed by atoms with Crippen LogP contribution in [0.5, 0.6) is 28.7 Å². The fourth-order valence-electron chi connectivity index (χ4n) is 14.6. The number of phenolic OH excluding ortho intramolecular Hbond substituents is 5. The fourth-order valence-corrected chi connectivity index (χ4v) is 23.8. The van der Waals surface area contributed by atoms with Gasteiger partial charge < -0.3 is 52.1 Å². The van der Waals surface area contributed by atoms with Crippen LogP contribution < -0.4 is 90.0 Å². The van der Waals surface area contributed by atoms with E-state index >= 15 is 0 Å². The van der Waals surface area contributed by atoms with Gasteiger partial charge in [-0.15, -0.1) is 62.0 Å². The molecule has 0 bridgehead atoms. The standard InChI is InChI=1S/C29H29FNOP.2C24H28NOP.2C20H30NOPSi.5ClH/c1-29(2,3)31-19-23-16-24(30)14-15-26(23)33-27-18-22(20-10-6-4-7-11-20)17-25(28(27)32)21-12-8-5-9-13-21;1-17-10-8-13-19(16-25-24(2,3)4)23(17)27-21-15-9-14-20(22(21)26)18-11-6-5-7-12-18;1-17-10-13-22(20(14-17)16-25-24(2,3)4)27-23-15-19(11-12-21(23)26)18-8-6-5-7-9-18;1-20(2,3)21-14-15-10-7-8-11-16(15)23-17-12-9-13-18(19(17)22)24(4,5)6;1-20(2,3)21-14-15-9-7-8-10-18(15)23-19-13-16(24(4,5)6)11-12-17(19)22;;;;;/h4-18,31-33H,19H2,1-3H3;2*5-15,25-27H,16H2,1-4H3;2*7-13,21-23H,14H2,1-6H3;5*1H. The van der Waals surface area contributed by atoms with Gasteiger partial charge in [-0.2, -0.15) is 0 Å². The van der Waals surface area contributed by atoms with E-state index < -0.39 is 16.1 Å². The summed E-state index contributed by atoms with van der Waals surface area (Å²) in [5.41, 5.74) is 17.0. The third-order valence-corrected chi connectivity index (χ3v) is 33.7. The highest BCUT2D eigenvalue weighted by atomic mass is 35.5. The number of aromatic hydroxyl groups is 5. The van der Waals surface area contributed by atoms with Crippen molar-refractivity contribution in [1.29, 1.82) is 0 Å². The Morgan fingerprint density at radius 3 is 1.09 bits per heavy atom. The minimum absolute atomic E-state index is 0. The lowest BCUT2D eigenvalue weighted by Crippen LogP contribution is -2.39. The molecule has 0 aromatic heterocycles. The third kappa shape index (κ3) is 39.4. The van der Waals surface area contributed by atoms with Crippen LogP contribution >= 0.6 is 105 Å². The highest BCUT2D eigenvalue weighted by molar-refractivity contribution is 7.57. The molecule has 0 radical (unpaired) electrons. The van der Waals surface area contributed by atoms with E-state index in [2.05, 4.69) is 335 Å². The zero-order valence-corrected chi connectivity index (χ0v) is 96.7. The number of hydrogen-bond acceptors (Lipinski definition) is 10. The molecule has 0 fully saturated rings. The summed E-state index contributed by atoms with van der Waals surface area (Å²) < 4.78 is 14.1. The number of nitrogens with one attached hydrogen (secondary N) is 5. The molecule has 140 heavy (non-hydrogen) atoms. The SMILES string of the molecule is CC(C)(C)NCc1cc(F)ccc1Pc1cc(-c2ccccc2)cc(-c2ccccc2)c1O.CC(C)(C)NCc1ccccc1Pc1cc([Si](C)(C)C)ccc1O.CC(C)(C)NCc1ccccc1Pc1cccc([Si](C)(C)C)c1O.Cc1ccc(Pc2cc(-c3ccccc3)ccc2O)c(CNC(C)(C)C)c1.Cc1cccc(CNC(C)(C)C)c1Pc1cccc(-c2ccccc2)c1O.Cl.Cl.Cl.Cl.Cl. The van der Waals surface area contributed by atoms with Crippen LogP contribution in [0.2, 0.25) is 39.3 Å². The summed E-state index contributed by atoms with van der Waals surface area (Å²) in [6.45, 7) is 54.5. The average molecular weight is 2110 g/mol. The summed E-state index contributed by atoms with van der Waals surface area (Å²) in [6, 6.07) is 104. The van der Waals surface area contributed by atoms with Crippen LogP contribution in [0.1, 0.15) is 143 Å². The van der Waals surface area contributed by atoms with E-state index in [0.717, 1.165) is 108 Å². The lowest BCUT2D eigenvalue weighted by Gasteiger charge is -2.22. The molecule has 14 rings (SSSR count). The van der Waals surface area contributed by atoms with Crippen LogP contribution in [0.3, 0.4) is 0 Å². The average Bonchev–Trinajstić information content (AvgIpc) is 0.846. The molecule has 0 spiro atoms. The second kappa shape index (κ2) is 55.8. The van der Waals surface area contributed by atoms with E-state index in [1.54, 1.807) is 6.07 Å². The molecule has 5 atom stereocenters. The van der Waals surface area contributed by atoms with E-state index in [9.17, 15) is 29.9 Å². The Balaban J connectivity index is 0.000000307. The van der Waals surface area contributed by atoms with Crippen LogP contribution in [0.15, 0.2) is 309 Å². The zero-order chi connectivity index (χ0) is 98.2. The van der Waals surface area contributed by atoms with Gasteiger partial charge >= 0.3 is 0 Å². The summed E-state index contributed by atoms with van der Waals surface area (Å²) in [5, 5.41) is 85.2. The molecule has 0 heterocycles. The summed E-state index contributed by atoms with van der Waals surface area (Å²) >= 11 is 0. The number of aryl methyl sites for hydroxylation is 2. The highest BCUT2D eigenvalue weighted by Gasteiger charge is 2.26. The molecule has 0 amide bonds. The zero-order valence-electron chi connectivity index (χ0n) is 85.6. The van der Waals surface area contributed by atoms with Gasteiger partial charge in [-0.25, -0.2) is 4.39 Å². The first-order valence-corrected chi connectivity index (χ1v) is 58.7. The minimum atomic E-state index is -1.54. The second-order valence-electron chi connectivity index (χ2n) is 41.8. The second-order valence-corrected chi connectivity index (χ2v) is 58.5. The van der Waals surface area contributed by atoms with Crippen LogP contribution in [0.25, 0.3) is 44.5 Å². The molecule has 10 N–H and O–H groups in total. The van der Waals surface area contributed by atoms with Crippen molar-refractivity contribution in [2.45, 2.75) is 217 Å². The third-order valence-electron chi connectivity index (χ3n) is 22.3.